The molecule has 1 saturated carbocycles. The highest BCUT2D eigenvalue weighted by Crippen LogP contribution is 2.29. The predicted octanol–water partition coefficient (Wildman–Crippen LogP) is 1.15. The van der Waals surface area contributed by atoms with Gasteiger partial charge in [0.05, 0.1) is 0 Å². The zero-order chi connectivity index (χ0) is 18.0. The average Bonchev–Trinajstić information content (AvgIpc) is 3.06. The van der Waals surface area contributed by atoms with Gasteiger partial charge in [-0.2, -0.15) is 0 Å². The highest BCUT2D eigenvalue weighted by atomic mass is 35.5. The van der Waals surface area contributed by atoms with E-state index in [1.807, 2.05) is 0 Å². The van der Waals surface area contributed by atoms with Crippen LogP contribution in [0.2, 0.25) is 0 Å². The van der Waals surface area contributed by atoms with Gasteiger partial charge >= 0.3 is 0 Å². The molecule has 1 atom stereocenters. The van der Waals surface area contributed by atoms with Crippen LogP contribution in [0.4, 0.5) is 0 Å². The zero-order valence-corrected chi connectivity index (χ0v) is 16.8. The molecule has 1 aliphatic carbocycles. The topological polar surface area (TPSA) is 110 Å². The summed E-state index contributed by atoms with van der Waals surface area (Å²) in [5, 5.41) is 0. The van der Waals surface area contributed by atoms with Gasteiger partial charge in [-0.1, -0.05) is 25.0 Å². The lowest BCUT2D eigenvalue weighted by atomic mass is 9.99. The molecule has 144 valence electrons. The maximum Gasteiger partial charge on any atom is 0.243 e. The van der Waals surface area contributed by atoms with Crippen molar-refractivity contribution < 1.29 is 16.8 Å². The van der Waals surface area contributed by atoms with E-state index in [-0.39, 0.29) is 40.7 Å². The molecule has 1 aromatic carbocycles. The summed E-state index contributed by atoms with van der Waals surface area (Å²) in [5.74, 6) is 0.197. The lowest BCUT2D eigenvalue weighted by molar-refractivity contribution is 0.405. The quantitative estimate of drug-likeness (QED) is 0.699. The third kappa shape index (κ3) is 4.93. The van der Waals surface area contributed by atoms with Gasteiger partial charge in [-0.25, -0.2) is 25.9 Å². The molecule has 0 saturated heterocycles. The van der Waals surface area contributed by atoms with E-state index in [0.717, 1.165) is 30.0 Å². The van der Waals surface area contributed by atoms with Gasteiger partial charge in [-0.05, 0) is 30.9 Å². The minimum absolute atomic E-state index is 0. The summed E-state index contributed by atoms with van der Waals surface area (Å²) in [5.41, 5.74) is 5.76. The Morgan fingerprint density at radius 3 is 2.12 bits per heavy atom. The van der Waals surface area contributed by atoms with Crippen LogP contribution >= 0.6 is 12.4 Å². The van der Waals surface area contributed by atoms with Crippen LogP contribution in [0.1, 0.15) is 25.7 Å². The molecule has 0 heterocycles. The number of nitrogens with two attached hydrogens (primary N) is 1. The van der Waals surface area contributed by atoms with Gasteiger partial charge < -0.3 is 5.73 Å². The maximum atomic E-state index is 12.8. The SMILES string of the molecule is CN(C)S(=O)(=O)c1ccccc1S(=O)(=O)NC(CN)C1CCCC1.Cl. The predicted molar refractivity (Wildman–Crippen MR) is 99.7 cm³/mol. The highest BCUT2D eigenvalue weighted by Gasteiger charge is 2.32. The van der Waals surface area contributed by atoms with Crippen LogP contribution in [0.15, 0.2) is 34.1 Å². The summed E-state index contributed by atoms with van der Waals surface area (Å²) in [6.07, 6.45) is 3.99. The van der Waals surface area contributed by atoms with Crippen LogP contribution < -0.4 is 10.5 Å². The van der Waals surface area contributed by atoms with Crippen LogP contribution in [-0.2, 0) is 20.0 Å². The Bertz CT molecular complexity index is 776. The molecule has 2 rings (SSSR count). The standard InChI is InChI=1S/C15H25N3O4S2.ClH/c1-18(2)24(21,22)15-10-6-5-9-14(15)23(19,20)17-13(11-16)12-7-3-4-8-12;/h5-6,9-10,12-13,17H,3-4,7-8,11,16H2,1-2H3;1H. The van der Waals surface area contributed by atoms with Gasteiger partial charge in [-0.3, -0.25) is 0 Å². The molecular formula is C15H26ClN3O4S2. The molecule has 0 spiro atoms. The van der Waals surface area contributed by atoms with Crippen LogP contribution in [0.25, 0.3) is 0 Å². The van der Waals surface area contributed by atoms with E-state index in [0.29, 0.717) is 0 Å². The fraction of sp³-hybridized carbons (Fsp3) is 0.600. The van der Waals surface area contributed by atoms with Crippen molar-refractivity contribution in [1.82, 2.24) is 9.03 Å². The molecule has 0 amide bonds. The number of sulfonamides is 2. The first kappa shape index (κ1) is 22.3. The fourth-order valence-electron chi connectivity index (χ4n) is 3.04. The van der Waals surface area contributed by atoms with Crippen molar-refractivity contribution in [2.75, 3.05) is 20.6 Å². The van der Waals surface area contributed by atoms with Crippen molar-refractivity contribution >= 4 is 32.5 Å². The largest absolute Gasteiger partial charge is 0.329 e. The molecule has 0 bridgehead atoms. The maximum absolute atomic E-state index is 12.8. The van der Waals surface area contributed by atoms with E-state index < -0.39 is 20.0 Å². The monoisotopic (exact) mass is 411 g/mol. The van der Waals surface area contributed by atoms with Crippen molar-refractivity contribution in [3.05, 3.63) is 24.3 Å². The van der Waals surface area contributed by atoms with E-state index in [4.69, 9.17) is 5.73 Å². The molecule has 0 radical (unpaired) electrons. The minimum atomic E-state index is -3.99. The van der Waals surface area contributed by atoms with E-state index in [2.05, 4.69) is 4.72 Å². The molecule has 25 heavy (non-hydrogen) atoms. The molecule has 1 aliphatic rings. The molecular weight excluding hydrogens is 386 g/mol. The molecule has 10 heteroatoms. The van der Waals surface area contributed by atoms with Crippen molar-refractivity contribution in [2.45, 2.75) is 41.5 Å². The Balaban J connectivity index is 0.00000312. The third-order valence-electron chi connectivity index (χ3n) is 4.43. The van der Waals surface area contributed by atoms with Crippen molar-refractivity contribution in [3.63, 3.8) is 0 Å². The van der Waals surface area contributed by atoms with Crippen LogP contribution in [-0.4, -0.2) is 47.8 Å². The van der Waals surface area contributed by atoms with E-state index in [9.17, 15) is 16.8 Å². The average molecular weight is 412 g/mol. The van der Waals surface area contributed by atoms with Crippen molar-refractivity contribution in [3.8, 4) is 0 Å². The van der Waals surface area contributed by atoms with Gasteiger partial charge in [0.15, 0.2) is 0 Å². The summed E-state index contributed by atoms with van der Waals surface area (Å²) >= 11 is 0. The number of nitrogens with zero attached hydrogens (tertiary/aromatic N) is 1. The second-order valence-electron chi connectivity index (χ2n) is 6.24. The molecule has 1 unspecified atom stereocenters. The number of hydrogen-bond acceptors (Lipinski definition) is 5. The third-order valence-corrected chi connectivity index (χ3v) is 7.98. The van der Waals surface area contributed by atoms with Crippen molar-refractivity contribution in [1.29, 1.82) is 0 Å². The second-order valence-corrected chi connectivity index (χ2v) is 10.0. The van der Waals surface area contributed by atoms with Crippen LogP contribution in [0, 0.1) is 5.92 Å². The fourth-order valence-corrected chi connectivity index (χ4v) is 6.06. The molecule has 3 N–H and O–H groups in total. The van der Waals surface area contributed by atoms with Crippen molar-refractivity contribution in [2.24, 2.45) is 11.7 Å². The first-order valence-corrected chi connectivity index (χ1v) is 10.9. The van der Waals surface area contributed by atoms with Gasteiger partial charge in [-0.15, -0.1) is 12.4 Å². The van der Waals surface area contributed by atoms with E-state index >= 15 is 0 Å². The summed E-state index contributed by atoms with van der Waals surface area (Å²) in [7, 11) is -5.12. The molecule has 1 fully saturated rings. The summed E-state index contributed by atoms with van der Waals surface area (Å²) < 4.78 is 54.1. The molecule has 7 nitrogen and oxygen atoms in total. The smallest absolute Gasteiger partial charge is 0.243 e. The number of nitrogens with one attached hydrogen (secondary N) is 1. The normalized spacial score (nSPS) is 17.4. The number of rotatable bonds is 7. The van der Waals surface area contributed by atoms with Gasteiger partial charge in [0, 0.05) is 26.7 Å². The summed E-state index contributed by atoms with van der Waals surface area (Å²) in [6, 6.07) is 5.24. The first-order valence-electron chi connectivity index (χ1n) is 7.94. The van der Waals surface area contributed by atoms with Gasteiger partial charge in [0.1, 0.15) is 9.79 Å². The molecule has 0 aliphatic heterocycles. The Morgan fingerprint density at radius 1 is 1.12 bits per heavy atom. The summed E-state index contributed by atoms with van der Waals surface area (Å²) in [4.78, 5) is -0.472. The number of hydrogen-bond donors (Lipinski definition) is 2. The zero-order valence-electron chi connectivity index (χ0n) is 14.4. The lowest BCUT2D eigenvalue weighted by Gasteiger charge is -2.24. The Labute approximate surface area is 156 Å². The Hall–Kier alpha value is -0.710. The number of benzene rings is 1. The lowest BCUT2D eigenvalue weighted by Crippen LogP contribution is -2.44. The number of halogens is 1. The Kier molecular flexibility index (Phi) is 7.85. The summed E-state index contributed by atoms with van der Waals surface area (Å²) in [6.45, 7) is 0.187. The second kappa shape index (κ2) is 8.79. The minimum Gasteiger partial charge on any atom is -0.329 e. The van der Waals surface area contributed by atoms with Crippen LogP contribution in [0.3, 0.4) is 0 Å². The van der Waals surface area contributed by atoms with Gasteiger partial charge in [0.25, 0.3) is 0 Å². The first-order chi connectivity index (χ1) is 11.2. The highest BCUT2D eigenvalue weighted by molar-refractivity contribution is 7.92. The van der Waals surface area contributed by atoms with E-state index in [1.54, 1.807) is 0 Å². The van der Waals surface area contributed by atoms with Gasteiger partial charge in [0.2, 0.25) is 20.0 Å². The Morgan fingerprint density at radius 2 is 1.64 bits per heavy atom. The molecule has 1 aromatic rings. The van der Waals surface area contributed by atoms with Crippen LogP contribution in [0.5, 0.6) is 0 Å². The van der Waals surface area contributed by atoms with E-state index in [1.165, 1.54) is 38.4 Å². The molecule has 0 aromatic heterocycles.